The van der Waals surface area contributed by atoms with Gasteiger partial charge in [-0.1, -0.05) is 42.5 Å². The van der Waals surface area contributed by atoms with Crippen LogP contribution in [0.4, 0.5) is 0 Å². The SMILES string of the molecule is CSCC[C@H](NS(=O)(=O)c1ccccc1)C(=O)NCc1ccccc1C. The lowest BCUT2D eigenvalue weighted by atomic mass is 10.1. The van der Waals surface area contributed by atoms with Crippen LogP contribution in [0.1, 0.15) is 17.5 Å². The van der Waals surface area contributed by atoms with Crippen molar-refractivity contribution in [1.29, 1.82) is 0 Å². The second-order valence-corrected chi connectivity index (χ2v) is 8.61. The van der Waals surface area contributed by atoms with Crippen LogP contribution >= 0.6 is 11.8 Å². The molecular weight excluding hydrogens is 368 g/mol. The minimum atomic E-state index is -3.75. The zero-order valence-electron chi connectivity index (χ0n) is 14.9. The molecule has 0 fully saturated rings. The van der Waals surface area contributed by atoms with Gasteiger partial charge in [-0.15, -0.1) is 0 Å². The zero-order chi connectivity index (χ0) is 19.0. The number of aryl methyl sites for hydroxylation is 1. The van der Waals surface area contributed by atoms with Crippen LogP contribution in [0.15, 0.2) is 59.5 Å². The highest BCUT2D eigenvalue weighted by Crippen LogP contribution is 2.11. The van der Waals surface area contributed by atoms with Gasteiger partial charge in [0.25, 0.3) is 0 Å². The van der Waals surface area contributed by atoms with Gasteiger partial charge >= 0.3 is 0 Å². The van der Waals surface area contributed by atoms with Crippen LogP contribution in [0.25, 0.3) is 0 Å². The topological polar surface area (TPSA) is 75.3 Å². The molecule has 0 spiro atoms. The van der Waals surface area contributed by atoms with Crippen molar-refractivity contribution < 1.29 is 13.2 Å². The van der Waals surface area contributed by atoms with E-state index in [0.717, 1.165) is 11.1 Å². The van der Waals surface area contributed by atoms with Gasteiger partial charge in [-0.3, -0.25) is 4.79 Å². The average molecular weight is 393 g/mol. The van der Waals surface area contributed by atoms with E-state index in [4.69, 9.17) is 0 Å². The fourth-order valence-corrected chi connectivity index (χ4v) is 4.17. The molecule has 0 bridgehead atoms. The van der Waals surface area contributed by atoms with Crippen LogP contribution in [0, 0.1) is 6.92 Å². The lowest BCUT2D eigenvalue weighted by Gasteiger charge is -2.18. The summed E-state index contributed by atoms with van der Waals surface area (Å²) in [4.78, 5) is 12.7. The molecule has 1 amide bonds. The summed E-state index contributed by atoms with van der Waals surface area (Å²) in [6, 6.07) is 15.1. The third-order valence-electron chi connectivity index (χ3n) is 3.99. The maximum Gasteiger partial charge on any atom is 0.241 e. The first-order valence-corrected chi connectivity index (χ1v) is 11.2. The molecular formula is C19H24N2O3S2. The smallest absolute Gasteiger partial charge is 0.241 e. The van der Waals surface area contributed by atoms with E-state index >= 15 is 0 Å². The fraction of sp³-hybridized carbons (Fsp3) is 0.316. The van der Waals surface area contributed by atoms with Crippen LogP contribution < -0.4 is 10.0 Å². The molecule has 0 radical (unpaired) electrons. The summed E-state index contributed by atoms with van der Waals surface area (Å²) in [6.45, 7) is 2.35. The quantitative estimate of drug-likeness (QED) is 0.688. The number of hydrogen-bond acceptors (Lipinski definition) is 4. The molecule has 0 aromatic heterocycles. The predicted octanol–water partition coefficient (Wildman–Crippen LogP) is 2.71. The second kappa shape index (κ2) is 9.75. The summed E-state index contributed by atoms with van der Waals surface area (Å²) in [6.07, 6.45) is 2.35. The summed E-state index contributed by atoms with van der Waals surface area (Å²) in [5.74, 6) is 0.363. The minimum Gasteiger partial charge on any atom is -0.351 e. The van der Waals surface area contributed by atoms with Gasteiger partial charge in [0.1, 0.15) is 6.04 Å². The van der Waals surface area contributed by atoms with Crippen molar-refractivity contribution in [3.05, 3.63) is 65.7 Å². The Kier molecular flexibility index (Phi) is 7.68. The molecule has 0 saturated carbocycles. The number of carbonyl (C=O) groups is 1. The van der Waals surface area contributed by atoms with Crippen LogP contribution in [0.3, 0.4) is 0 Å². The van der Waals surface area contributed by atoms with Gasteiger partial charge in [0.15, 0.2) is 0 Å². The highest BCUT2D eigenvalue weighted by atomic mass is 32.2. The standard InChI is InChI=1S/C19H24N2O3S2/c1-15-8-6-7-9-16(15)14-20-19(22)18(12-13-25-2)21-26(23,24)17-10-4-3-5-11-17/h3-11,18,21H,12-14H2,1-2H3,(H,20,22)/t18-/m0/s1. The number of hydrogen-bond donors (Lipinski definition) is 2. The molecule has 26 heavy (non-hydrogen) atoms. The largest absolute Gasteiger partial charge is 0.351 e. The van der Waals surface area contributed by atoms with Gasteiger partial charge in [-0.05, 0) is 48.6 Å². The summed E-state index contributed by atoms with van der Waals surface area (Å²) in [5.41, 5.74) is 2.09. The highest BCUT2D eigenvalue weighted by Gasteiger charge is 2.25. The number of rotatable bonds is 9. The number of benzene rings is 2. The molecule has 1 atom stereocenters. The normalized spacial score (nSPS) is 12.5. The van der Waals surface area contributed by atoms with E-state index < -0.39 is 16.1 Å². The minimum absolute atomic E-state index is 0.154. The zero-order valence-corrected chi connectivity index (χ0v) is 16.6. The van der Waals surface area contributed by atoms with Crippen molar-refractivity contribution >= 4 is 27.7 Å². The molecule has 0 heterocycles. The Bertz CT molecular complexity index is 824. The van der Waals surface area contributed by atoms with Crippen LogP contribution in [-0.4, -0.2) is 32.4 Å². The molecule has 0 aliphatic carbocycles. The summed E-state index contributed by atoms with van der Waals surface area (Å²) in [5, 5.41) is 2.85. The molecule has 0 saturated heterocycles. The number of sulfonamides is 1. The molecule has 2 aromatic rings. The summed E-state index contributed by atoms with van der Waals surface area (Å²) < 4.78 is 27.6. The molecule has 0 aliphatic rings. The van der Waals surface area contributed by atoms with Crippen LogP contribution in [0.5, 0.6) is 0 Å². The average Bonchev–Trinajstić information content (AvgIpc) is 2.65. The maximum atomic E-state index is 12.6. The van der Waals surface area contributed by atoms with Gasteiger partial charge < -0.3 is 5.32 Å². The van der Waals surface area contributed by atoms with Gasteiger partial charge in [0.2, 0.25) is 15.9 Å². The Hall–Kier alpha value is -1.83. The summed E-state index contributed by atoms with van der Waals surface area (Å²) >= 11 is 1.57. The second-order valence-electron chi connectivity index (χ2n) is 5.91. The Labute approximate surface area is 159 Å². The molecule has 2 rings (SSSR count). The first kappa shape index (κ1) is 20.5. The molecule has 140 valence electrons. The Morgan fingerprint density at radius 2 is 1.73 bits per heavy atom. The third-order valence-corrected chi connectivity index (χ3v) is 6.12. The van der Waals surface area contributed by atoms with E-state index in [9.17, 15) is 13.2 Å². The van der Waals surface area contributed by atoms with Crippen LogP contribution in [-0.2, 0) is 21.4 Å². The number of carbonyl (C=O) groups excluding carboxylic acids is 1. The first-order chi connectivity index (χ1) is 12.4. The fourth-order valence-electron chi connectivity index (χ4n) is 2.45. The van der Waals surface area contributed by atoms with Crippen molar-refractivity contribution in [3.63, 3.8) is 0 Å². The van der Waals surface area contributed by atoms with Gasteiger partial charge in [-0.2, -0.15) is 16.5 Å². The lowest BCUT2D eigenvalue weighted by molar-refractivity contribution is -0.122. The number of thioether (sulfide) groups is 1. The maximum absolute atomic E-state index is 12.6. The molecule has 5 nitrogen and oxygen atoms in total. The Morgan fingerprint density at radius 1 is 1.08 bits per heavy atom. The van der Waals surface area contributed by atoms with Crippen molar-refractivity contribution in [1.82, 2.24) is 10.0 Å². The van der Waals surface area contributed by atoms with E-state index in [1.165, 1.54) is 12.1 Å². The number of amides is 1. The predicted molar refractivity (Wildman–Crippen MR) is 107 cm³/mol. The Balaban J connectivity index is 2.08. The molecule has 0 unspecified atom stereocenters. The number of nitrogens with one attached hydrogen (secondary N) is 2. The molecule has 2 N–H and O–H groups in total. The van der Waals surface area contributed by atoms with Crippen molar-refractivity contribution in [2.24, 2.45) is 0 Å². The van der Waals surface area contributed by atoms with Crippen molar-refractivity contribution in [2.45, 2.75) is 30.8 Å². The van der Waals surface area contributed by atoms with E-state index in [2.05, 4.69) is 10.0 Å². The lowest BCUT2D eigenvalue weighted by Crippen LogP contribution is -2.46. The molecule has 7 heteroatoms. The van der Waals surface area contributed by atoms with Gasteiger partial charge in [0.05, 0.1) is 4.90 Å². The molecule has 2 aromatic carbocycles. The summed E-state index contributed by atoms with van der Waals surface area (Å²) in [7, 11) is -3.75. The van der Waals surface area contributed by atoms with Crippen molar-refractivity contribution in [3.8, 4) is 0 Å². The molecule has 0 aliphatic heterocycles. The van der Waals surface area contributed by atoms with E-state index in [0.29, 0.717) is 18.7 Å². The van der Waals surface area contributed by atoms with E-state index in [-0.39, 0.29) is 10.8 Å². The van der Waals surface area contributed by atoms with E-state index in [1.807, 2.05) is 37.4 Å². The highest BCUT2D eigenvalue weighted by molar-refractivity contribution is 7.98. The van der Waals surface area contributed by atoms with Gasteiger partial charge in [0, 0.05) is 6.54 Å². The van der Waals surface area contributed by atoms with E-state index in [1.54, 1.807) is 30.0 Å². The van der Waals surface area contributed by atoms with Crippen LogP contribution in [0.2, 0.25) is 0 Å². The van der Waals surface area contributed by atoms with Gasteiger partial charge in [-0.25, -0.2) is 8.42 Å². The third kappa shape index (κ3) is 5.86. The monoisotopic (exact) mass is 392 g/mol. The first-order valence-electron chi connectivity index (χ1n) is 8.32. The van der Waals surface area contributed by atoms with Crippen molar-refractivity contribution in [2.75, 3.05) is 12.0 Å². The Morgan fingerprint density at radius 3 is 2.38 bits per heavy atom.